The summed E-state index contributed by atoms with van der Waals surface area (Å²) in [4.78, 5) is 11.2. The van der Waals surface area contributed by atoms with Crippen molar-refractivity contribution in [3.8, 4) is 0 Å². The minimum atomic E-state index is 0.225. The molecule has 1 aromatic heterocycles. The van der Waals surface area contributed by atoms with Crippen LogP contribution in [0.2, 0.25) is 5.02 Å². The van der Waals surface area contributed by atoms with Gasteiger partial charge in [-0.1, -0.05) is 29.8 Å². The van der Waals surface area contributed by atoms with Gasteiger partial charge in [0.25, 0.3) is 0 Å². The van der Waals surface area contributed by atoms with Crippen LogP contribution in [0.5, 0.6) is 0 Å². The SMILES string of the molecule is CN=C(NCCc1cccc(Cl)c1)NCc1ccc(N2CC(C)OC(C)C2)nc1. The van der Waals surface area contributed by atoms with Crippen LogP contribution in [0.25, 0.3) is 0 Å². The molecule has 1 aliphatic rings. The van der Waals surface area contributed by atoms with E-state index in [1.165, 1.54) is 5.56 Å². The molecule has 1 fully saturated rings. The van der Waals surface area contributed by atoms with Crippen LogP contribution in [0.1, 0.15) is 25.0 Å². The van der Waals surface area contributed by atoms with Crippen molar-refractivity contribution in [1.29, 1.82) is 0 Å². The maximum atomic E-state index is 6.03. The summed E-state index contributed by atoms with van der Waals surface area (Å²) in [6, 6.07) is 12.1. The Morgan fingerprint density at radius 3 is 2.62 bits per heavy atom. The number of morpholine rings is 1. The Balaban J connectivity index is 1.45. The van der Waals surface area contributed by atoms with E-state index in [0.717, 1.165) is 48.4 Å². The summed E-state index contributed by atoms with van der Waals surface area (Å²) in [5.74, 6) is 1.77. The number of nitrogens with one attached hydrogen (secondary N) is 2. The highest BCUT2D eigenvalue weighted by molar-refractivity contribution is 6.30. The van der Waals surface area contributed by atoms with Gasteiger partial charge in [0.1, 0.15) is 5.82 Å². The maximum Gasteiger partial charge on any atom is 0.191 e. The van der Waals surface area contributed by atoms with E-state index in [4.69, 9.17) is 16.3 Å². The van der Waals surface area contributed by atoms with Crippen LogP contribution in [0.4, 0.5) is 5.82 Å². The fourth-order valence-corrected chi connectivity index (χ4v) is 3.71. The normalized spacial score (nSPS) is 19.9. The molecule has 1 saturated heterocycles. The van der Waals surface area contributed by atoms with Gasteiger partial charge in [-0.2, -0.15) is 0 Å². The lowest BCUT2D eigenvalue weighted by Gasteiger charge is -2.36. The molecule has 2 atom stereocenters. The fourth-order valence-electron chi connectivity index (χ4n) is 3.50. The summed E-state index contributed by atoms with van der Waals surface area (Å²) in [6.45, 7) is 7.40. The van der Waals surface area contributed by atoms with E-state index >= 15 is 0 Å². The van der Waals surface area contributed by atoms with E-state index in [2.05, 4.69) is 57.6 Å². The Morgan fingerprint density at radius 2 is 1.97 bits per heavy atom. The lowest BCUT2D eigenvalue weighted by molar-refractivity contribution is -0.00545. The van der Waals surface area contributed by atoms with E-state index < -0.39 is 0 Å². The number of nitrogens with zero attached hydrogens (tertiary/aromatic N) is 3. The van der Waals surface area contributed by atoms with Crippen LogP contribution in [0.15, 0.2) is 47.6 Å². The number of aromatic nitrogens is 1. The number of hydrogen-bond acceptors (Lipinski definition) is 4. The first-order chi connectivity index (χ1) is 14.0. The summed E-state index contributed by atoms with van der Waals surface area (Å²) < 4.78 is 5.80. The molecule has 2 aromatic rings. The Hall–Kier alpha value is -2.31. The second kappa shape index (κ2) is 10.5. The zero-order chi connectivity index (χ0) is 20.6. The summed E-state index contributed by atoms with van der Waals surface area (Å²) in [5, 5.41) is 7.44. The molecule has 0 radical (unpaired) electrons. The first-order valence-corrected chi connectivity index (χ1v) is 10.5. The molecule has 1 aromatic carbocycles. The molecule has 2 unspecified atom stereocenters. The fraction of sp³-hybridized carbons (Fsp3) is 0.455. The molecular weight excluding hydrogens is 386 g/mol. The molecule has 29 heavy (non-hydrogen) atoms. The van der Waals surface area contributed by atoms with Gasteiger partial charge >= 0.3 is 0 Å². The number of benzene rings is 1. The van der Waals surface area contributed by atoms with Crippen LogP contribution < -0.4 is 15.5 Å². The van der Waals surface area contributed by atoms with Crippen molar-refractivity contribution in [2.75, 3.05) is 31.6 Å². The van der Waals surface area contributed by atoms with Gasteiger partial charge in [-0.3, -0.25) is 4.99 Å². The van der Waals surface area contributed by atoms with Crippen molar-refractivity contribution in [2.45, 2.75) is 39.0 Å². The molecular formula is C22H30ClN5O. The van der Waals surface area contributed by atoms with E-state index in [0.29, 0.717) is 6.54 Å². The summed E-state index contributed by atoms with van der Waals surface area (Å²) in [5.41, 5.74) is 2.31. The van der Waals surface area contributed by atoms with Crippen molar-refractivity contribution >= 4 is 23.4 Å². The minimum Gasteiger partial charge on any atom is -0.372 e. The predicted octanol–water partition coefficient (Wildman–Crippen LogP) is 3.26. The van der Waals surface area contributed by atoms with Gasteiger partial charge in [0.15, 0.2) is 5.96 Å². The minimum absolute atomic E-state index is 0.225. The molecule has 0 bridgehead atoms. The monoisotopic (exact) mass is 415 g/mol. The predicted molar refractivity (Wildman–Crippen MR) is 120 cm³/mol. The van der Waals surface area contributed by atoms with Crippen LogP contribution in [0.3, 0.4) is 0 Å². The lowest BCUT2D eigenvalue weighted by atomic mass is 10.1. The molecule has 0 amide bonds. The first-order valence-electron chi connectivity index (χ1n) is 10.1. The number of anilines is 1. The van der Waals surface area contributed by atoms with Crippen molar-refractivity contribution < 1.29 is 4.74 Å². The number of ether oxygens (including phenoxy) is 1. The molecule has 3 rings (SSSR count). The molecule has 2 N–H and O–H groups in total. The maximum absolute atomic E-state index is 6.03. The van der Waals surface area contributed by atoms with Gasteiger partial charge in [-0.25, -0.2) is 4.98 Å². The quantitative estimate of drug-likeness (QED) is 0.560. The van der Waals surface area contributed by atoms with Crippen LogP contribution in [-0.2, 0) is 17.7 Å². The highest BCUT2D eigenvalue weighted by Crippen LogP contribution is 2.18. The third-order valence-corrected chi connectivity index (χ3v) is 5.07. The van der Waals surface area contributed by atoms with Crippen molar-refractivity contribution in [3.05, 3.63) is 58.7 Å². The highest BCUT2D eigenvalue weighted by Gasteiger charge is 2.22. The summed E-state index contributed by atoms with van der Waals surface area (Å²) in [7, 11) is 1.77. The van der Waals surface area contributed by atoms with Crippen molar-refractivity contribution in [3.63, 3.8) is 0 Å². The van der Waals surface area contributed by atoms with Gasteiger partial charge < -0.3 is 20.3 Å². The standard InChI is InChI=1S/C22H30ClN5O/c1-16-14-28(15-17(2)29-16)21-8-7-19(12-26-21)13-27-22(24-3)25-10-9-18-5-4-6-20(23)11-18/h4-8,11-12,16-17H,9-10,13-15H2,1-3H3,(H2,24,25,27). The van der Waals surface area contributed by atoms with Gasteiger partial charge in [-0.15, -0.1) is 0 Å². The van der Waals surface area contributed by atoms with Gasteiger partial charge in [0, 0.05) is 44.4 Å². The molecule has 156 valence electrons. The van der Waals surface area contributed by atoms with E-state index in [-0.39, 0.29) is 12.2 Å². The van der Waals surface area contributed by atoms with Gasteiger partial charge in [0.05, 0.1) is 12.2 Å². The average molecular weight is 416 g/mol. The topological polar surface area (TPSA) is 61.8 Å². The third kappa shape index (κ3) is 6.61. The summed E-state index contributed by atoms with van der Waals surface area (Å²) in [6.07, 6.45) is 3.26. The molecule has 0 aliphatic carbocycles. The van der Waals surface area contributed by atoms with Gasteiger partial charge in [-0.05, 0) is 49.6 Å². The second-order valence-corrected chi connectivity index (χ2v) is 7.86. The van der Waals surface area contributed by atoms with E-state index in [1.807, 2.05) is 24.4 Å². The molecule has 1 aliphatic heterocycles. The highest BCUT2D eigenvalue weighted by atomic mass is 35.5. The number of hydrogen-bond donors (Lipinski definition) is 2. The third-order valence-electron chi connectivity index (χ3n) is 4.83. The first kappa shape index (κ1) is 21.4. The zero-order valence-electron chi connectivity index (χ0n) is 17.4. The Labute approximate surface area is 178 Å². The Bertz CT molecular complexity index is 801. The molecule has 0 saturated carbocycles. The van der Waals surface area contributed by atoms with Crippen molar-refractivity contribution in [1.82, 2.24) is 15.6 Å². The number of aliphatic imine (C=N–C) groups is 1. The average Bonchev–Trinajstić information content (AvgIpc) is 2.70. The lowest BCUT2D eigenvalue weighted by Crippen LogP contribution is -2.45. The molecule has 2 heterocycles. The Morgan fingerprint density at radius 1 is 1.17 bits per heavy atom. The number of rotatable bonds is 6. The summed E-state index contributed by atoms with van der Waals surface area (Å²) >= 11 is 6.03. The zero-order valence-corrected chi connectivity index (χ0v) is 18.1. The second-order valence-electron chi connectivity index (χ2n) is 7.42. The number of pyridine rings is 1. The van der Waals surface area contributed by atoms with Crippen LogP contribution in [-0.4, -0.2) is 49.8 Å². The molecule has 6 nitrogen and oxygen atoms in total. The van der Waals surface area contributed by atoms with E-state index in [1.54, 1.807) is 7.05 Å². The van der Waals surface area contributed by atoms with Crippen LogP contribution >= 0.6 is 11.6 Å². The number of halogens is 1. The van der Waals surface area contributed by atoms with Gasteiger partial charge in [0.2, 0.25) is 0 Å². The van der Waals surface area contributed by atoms with E-state index in [9.17, 15) is 0 Å². The molecule has 7 heteroatoms. The van der Waals surface area contributed by atoms with Crippen molar-refractivity contribution in [2.24, 2.45) is 4.99 Å². The smallest absolute Gasteiger partial charge is 0.191 e. The van der Waals surface area contributed by atoms with Crippen LogP contribution in [0, 0.1) is 0 Å². The number of guanidine groups is 1. The largest absolute Gasteiger partial charge is 0.372 e. The molecule has 0 spiro atoms. The Kier molecular flexibility index (Phi) is 7.72.